The van der Waals surface area contributed by atoms with Gasteiger partial charge < -0.3 is 19.7 Å². The number of nitrogens with zero attached hydrogens (tertiary/aromatic N) is 1. The van der Waals surface area contributed by atoms with Crippen LogP contribution >= 0.6 is 0 Å². The van der Waals surface area contributed by atoms with Gasteiger partial charge in [-0.15, -0.1) is 0 Å². The lowest BCUT2D eigenvalue weighted by molar-refractivity contribution is -0.0512. The highest BCUT2D eigenvalue weighted by atomic mass is 19.3. The second-order valence-corrected chi connectivity index (χ2v) is 6.66. The molecular formula is C21H24F2N2O3. The fourth-order valence-electron chi connectivity index (χ4n) is 3.09. The van der Waals surface area contributed by atoms with Crippen LogP contribution in [0.1, 0.15) is 30.9 Å². The van der Waals surface area contributed by atoms with Gasteiger partial charge in [0.25, 0.3) is 0 Å². The van der Waals surface area contributed by atoms with Crippen LogP contribution in [0.5, 0.6) is 11.5 Å². The predicted molar refractivity (Wildman–Crippen MR) is 103 cm³/mol. The van der Waals surface area contributed by atoms with Crippen LogP contribution in [-0.2, 0) is 13.0 Å². The largest absolute Gasteiger partial charge is 0.493 e. The minimum Gasteiger partial charge on any atom is -0.493 e. The number of rotatable bonds is 8. The summed E-state index contributed by atoms with van der Waals surface area (Å²) < 4.78 is 34.6. The van der Waals surface area contributed by atoms with Gasteiger partial charge in [0.2, 0.25) is 0 Å². The summed E-state index contributed by atoms with van der Waals surface area (Å²) in [6.07, 6.45) is 2.72. The van der Waals surface area contributed by atoms with Gasteiger partial charge in [-0.1, -0.05) is 31.2 Å². The molecule has 3 rings (SSSR count). The SMILES string of the molecule is CCc1ccccc1NC(=O)N(Cc1ccc(OC(F)F)c(OC)c1)C1CC1. The predicted octanol–water partition coefficient (Wildman–Crippen LogP) is 5.06. The number of para-hydroxylation sites is 1. The molecule has 1 N–H and O–H groups in total. The zero-order valence-corrected chi connectivity index (χ0v) is 16.0. The number of anilines is 1. The molecule has 0 aromatic heterocycles. The molecule has 0 bridgehead atoms. The van der Waals surface area contributed by atoms with Gasteiger partial charge in [-0.2, -0.15) is 8.78 Å². The van der Waals surface area contributed by atoms with Crippen molar-refractivity contribution in [1.29, 1.82) is 0 Å². The summed E-state index contributed by atoms with van der Waals surface area (Å²) in [5.74, 6) is 0.186. The van der Waals surface area contributed by atoms with Crippen molar-refractivity contribution in [1.82, 2.24) is 4.90 Å². The summed E-state index contributed by atoms with van der Waals surface area (Å²) in [4.78, 5) is 14.7. The van der Waals surface area contributed by atoms with Gasteiger partial charge >= 0.3 is 12.6 Å². The number of carbonyl (C=O) groups excluding carboxylic acids is 1. The first-order valence-corrected chi connectivity index (χ1v) is 9.29. The lowest BCUT2D eigenvalue weighted by atomic mass is 10.1. The third-order valence-electron chi connectivity index (χ3n) is 4.69. The molecule has 7 heteroatoms. The molecule has 2 aromatic rings. The fraction of sp³-hybridized carbons (Fsp3) is 0.381. The number of amides is 2. The molecule has 2 aromatic carbocycles. The standard InChI is InChI=1S/C21H24F2N2O3/c1-3-15-6-4-5-7-17(15)24-21(26)25(16-9-10-16)13-14-8-11-18(28-20(22)23)19(12-14)27-2/h4-8,11-12,16,20H,3,9-10,13H2,1-2H3,(H,24,26). The Morgan fingerprint density at radius 2 is 1.96 bits per heavy atom. The maximum atomic E-state index is 12.9. The van der Waals surface area contributed by atoms with E-state index in [1.807, 2.05) is 31.2 Å². The Balaban J connectivity index is 1.75. The van der Waals surface area contributed by atoms with Crippen LogP contribution in [0.3, 0.4) is 0 Å². The van der Waals surface area contributed by atoms with Crippen molar-refractivity contribution in [2.75, 3.05) is 12.4 Å². The van der Waals surface area contributed by atoms with E-state index in [1.165, 1.54) is 13.2 Å². The molecule has 1 aliphatic rings. The van der Waals surface area contributed by atoms with E-state index in [-0.39, 0.29) is 23.6 Å². The summed E-state index contributed by atoms with van der Waals surface area (Å²) in [6, 6.07) is 12.5. The number of alkyl halides is 2. The Kier molecular flexibility index (Phi) is 6.34. The van der Waals surface area contributed by atoms with Crippen LogP contribution in [0.25, 0.3) is 0 Å². The first-order valence-electron chi connectivity index (χ1n) is 9.29. The Labute approximate surface area is 163 Å². The summed E-state index contributed by atoms with van der Waals surface area (Å²) in [6.45, 7) is -0.526. The van der Waals surface area contributed by atoms with Crippen LogP contribution in [-0.4, -0.2) is 30.7 Å². The fourth-order valence-corrected chi connectivity index (χ4v) is 3.09. The first-order chi connectivity index (χ1) is 13.5. The molecule has 0 aliphatic heterocycles. The number of hydrogen-bond donors (Lipinski definition) is 1. The molecule has 1 fully saturated rings. The monoisotopic (exact) mass is 390 g/mol. The molecule has 0 unspecified atom stereocenters. The molecular weight excluding hydrogens is 366 g/mol. The topological polar surface area (TPSA) is 50.8 Å². The maximum absolute atomic E-state index is 12.9. The van der Waals surface area contributed by atoms with Crippen molar-refractivity contribution < 1.29 is 23.0 Å². The molecule has 0 atom stereocenters. The van der Waals surface area contributed by atoms with Gasteiger partial charge in [-0.25, -0.2) is 4.79 Å². The van der Waals surface area contributed by atoms with Crippen molar-refractivity contribution in [2.24, 2.45) is 0 Å². The number of carbonyl (C=O) groups is 1. The molecule has 0 heterocycles. The minimum atomic E-state index is -2.92. The average Bonchev–Trinajstić information content (AvgIpc) is 3.52. The molecule has 28 heavy (non-hydrogen) atoms. The van der Waals surface area contributed by atoms with E-state index in [9.17, 15) is 13.6 Å². The van der Waals surface area contributed by atoms with Crippen LogP contribution in [0.4, 0.5) is 19.3 Å². The van der Waals surface area contributed by atoms with Crippen LogP contribution in [0.15, 0.2) is 42.5 Å². The minimum absolute atomic E-state index is 0.0273. The number of halogens is 2. The Bertz CT molecular complexity index is 825. The first kappa shape index (κ1) is 19.9. The van der Waals surface area contributed by atoms with Crippen LogP contribution in [0.2, 0.25) is 0 Å². The number of benzene rings is 2. The van der Waals surface area contributed by atoms with Crippen molar-refractivity contribution in [2.45, 2.75) is 45.4 Å². The number of nitrogens with one attached hydrogen (secondary N) is 1. The number of aryl methyl sites for hydroxylation is 1. The lowest BCUT2D eigenvalue weighted by Gasteiger charge is -2.24. The van der Waals surface area contributed by atoms with E-state index in [4.69, 9.17) is 4.74 Å². The number of hydrogen-bond acceptors (Lipinski definition) is 3. The molecule has 2 amide bonds. The van der Waals surface area contributed by atoms with Gasteiger partial charge in [0.05, 0.1) is 7.11 Å². The average molecular weight is 390 g/mol. The van der Waals surface area contributed by atoms with Gasteiger partial charge in [0.1, 0.15) is 0 Å². The Morgan fingerprint density at radius 3 is 2.61 bits per heavy atom. The lowest BCUT2D eigenvalue weighted by Crippen LogP contribution is -2.36. The van der Waals surface area contributed by atoms with Gasteiger partial charge in [-0.05, 0) is 48.6 Å². The highest BCUT2D eigenvalue weighted by Gasteiger charge is 2.33. The van der Waals surface area contributed by atoms with Crippen molar-refractivity contribution in [3.05, 3.63) is 53.6 Å². The van der Waals surface area contributed by atoms with E-state index in [2.05, 4.69) is 10.1 Å². The summed E-state index contributed by atoms with van der Waals surface area (Å²) in [5.41, 5.74) is 2.66. The van der Waals surface area contributed by atoms with Gasteiger partial charge in [0, 0.05) is 18.3 Å². The third kappa shape index (κ3) is 4.91. The number of methoxy groups -OCH3 is 1. The summed E-state index contributed by atoms with van der Waals surface area (Å²) in [7, 11) is 1.39. The second-order valence-electron chi connectivity index (χ2n) is 6.66. The van der Waals surface area contributed by atoms with E-state index in [0.717, 1.165) is 36.1 Å². The van der Waals surface area contributed by atoms with Crippen LogP contribution in [0, 0.1) is 0 Å². The number of ether oxygens (including phenoxy) is 2. The van der Waals surface area contributed by atoms with Crippen molar-refractivity contribution in [3.63, 3.8) is 0 Å². The highest BCUT2D eigenvalue weighted by molar-refractivity contribution is 5.90. The molecule has 1 aliphatic carbocycles. The summed E-state index contributed by atoms with van der Waals surface area (Å²) >= 11 is 0. The second kappa shape index (κ2) is 8.91. The van der Waals surface area contributed by atoms with E-state index in [0.29, 0.717) is 6.54 Å². The van der Waals surface area contributed by atoms with Crippen molar-refractivity contribution in [3.8, 4) is 11.5 Å². The quantitative estimate of drug-likeness (QED) is 0.686. The Hall–Kier alpha value is -2.83. The highest BCUT2D eigenvalue weighted by Crippen LogP contribution is 2.33. The smallest absolute Gasteiger partial charge is 0.387 e. The molecule has 0 spiro atoms. The number of urea groups is 1. The molecule has 5 nitrogen and oxygen atoms in total. The van der Waals surface area contributed by atoms with Gasteiger partial charge in [0.15, 0.2) is 11.5 Å². The molecule has 0 radical (unpaired) electrons. The third-order valence-corrected chi connectivity index (χ3v) is 4.69. The van der Waals surface area contributed by atoms with Gasteiger partial charge in [-0.3, -0.25) is 0 Å². The molecule has 0 saturated heterocycles. The zero-order chi connectivity index (χ0) is 20.1. The summed E-state index contributed by atoms with van der Waals surface area (Å²) in [5, 5.41) is 3.00. The van der Waals surface area contributed by atoms with Crippen LogP contribution < -0.4 is 14.8 Å². The maximum Gasteiger partial charge on any atom is 0.387 e. The van der Waals surface area contributed by atoms with Crippen molar-refractivity contribution >= 4 is 11.7 Å². The molecule has 150 valence electrons. The zero-order valence-electron chi connectivity index (χ0n) is 16.0. The Morgan fingerprint density at radius 1 is 1.21 bits per heavy atom. The molecule has 1 saturated carbocycles. The normalized spacial score (nSPS) is 13.3. The van der Waals surface area contributed by atoms with E-state index >= 15 is 0 Å². The van der Waals surface area contributed by atoms with E-state index < -0.39 is 6.61 Å². The van der Waals surface area contributed by atoms with E-state index in [1.54, 1.807) is 17.0 Å².